The summed E-state index contributed by atoms with van der Waals surface area (Å²) < 4.78 is 54.6. The van der Waals surface area contributed by atoms with Crippen molar-refractivity contribution >= 4 is 21.6 Å². The summed E-state index contributed by atoms with van der Waals surface area (Å²) in [7, 11) is -0.671. The molecule has 10 heteroatoms. The van der Waals surface area contributed by atoms with Crippen LogP contribution in [0.25, 0.3) is 0 Å². The molecule has 0 unspecified atom stereocenters. The van der Waals surface area contributed by atoms with Gasteiger partial charge in [0.25, 0.3) is 0 Å². The van der Waals surface area contributed by atoms with Crippen LogP contribution in [0.3, 0.4) is 0 Å². The van der Waals surface area contributed by atoms with E-state index in [1.807, 2.05) is 0 Å². The number of carbonyl (C=O) groups is 1. The number of ether oxygens (including phenoxy) is 3. The van der Waals surface area contributed by atoms with Crippen molar-refractivity contribution in [2.45, 2.75) is 12.8 Å². The minimum absolute atomic E-state index is 0.0991. The number of nitrogens with one attached hydrogen (secondary N) is 1. The molecule has 2 rings (SSSR count). The molecule has 0 saturated carbocycles. The van der Waals surface area contributed by atoms with E-state index in [1.54, 1.807) is 18.2 Å². The third kappa shape index (κ3) is 7.63. The van der Waals surface area contributed by atoms with E-state index in [0.29, 0.717) is 29.4 Å². The first kappa shape index (κ1) is 24.3. The lowest BCUT2D eigenvalue weighted by atomic mass is 10.2. The van der Waals surface area contributed by atoms with E-state index in [-0.39, 0.29) is 37.8 Å². The molecule has 170 valence electrons. The van der Waals surface area contributed by atoms with Gasteiger partial charge in [-0.2, -0.15) is 0 Å². The second kappa shape index (κ2) is 11.4. The Morgan fingerprint density at radius 1 is 1.06 bits per heavy atom. The second-order valence-corrected chi connectivity index (χ2v) is 8.54. The zero-order valence-corrected chi connectivity index (χ0v) is 18.6. The topological polar surface area (TPSA) is 94.2 Å². The highest BCUT2D eigenvalue weighted by Crippen LogP contribution is 2.33. The molecule has 0 radical (unpaired) electrons. The molecule has 0 aliphatic carbocycles. The molecule has 0 fully saturated rings. The average Bonchev–Trinajstić information content (AvgIpc) is 2.74. The van der Waals surface area contributed by atoms with E-state index >= 15 is 0 Å². The molecule has 1 N–H and O–H groups in total. The van der Waals surface area contributed by atoms with Crippen LogP contribution in [-0.4, -0.2) is 54.5 Å². The van der Waals surface area contributed by atoms with Gasteiger partial charge in [-0.3, -0.25) is 9.10 Å². The van der Waals surface area contributed by atoms with Gasteiger partial charge in [-0.15, -0.1) is 0 Å². The Balaban J connectivity index is 1.86. The summed E-state index contributed by atoms with van der Waals surface area (Å²) in [6.45, 7) is 0.603. The van der Waals surface area contributed by atoms with Crippen molar-refractivity contribution < 1.29 is 31.8 Å². The molecule has 0 atom stereocenters. The zero-order chi connectivity index (χ0) is 22.9. The number of benzene rings is 2. The standard InChI is InChI=1S/C21H27FN2O6S/c1-28-18-10-11-20(29-2)19(15-18)24(31(3,26)27)13-4-5-21(25)23-12-14-30-17-8-6-16(22)7-9-17/h6-11,15H,4-5,12-14H2,1-3H3,(H,23,25). The maximum atomic E-state index is 12.9. The van der Waals surface area contributed by atoms with Crippen molar-refractivity contribution in [3.05, 3.63) is 48.3 Å². The van der Waals surface area contributed by atoms with Gasteiger partial charge in [0.15, 0.2) is 0 Å². The number of amides is 1. The molecule has 31 heavy (non-hydrogen) atoms. The summed E-state index contributed by atoms with van der Waals surface area (Å²) in [5, 5.41) is 2.71. The van der Waals surface area contributed by atoms with Crippen LogP contribution in [0.5, 0.6) is 17.2 Å². The number of hydrogen-bond donors (Lipinski definition) is 1. The highest BCUT2D eigenvalue weighted by molar-refractivity contribution is 7.92. The number of sulfonamides is 1. The van der Waals surface area contributed by atoms with Crippen LogP contribution >= 0.6 is 0 Å². The molecule has 0 aromatic heterocycles. The maximum absolute atomic E-state index is 12.9. The third-order valence-corrected chi connectivity index (χ3v) is 5.51. The summed E-state index contributed by atoms with van der Waals surface area (Å²) in [6, 6.07) is 10.5. The highest BCUT2D eigenvalue weighted by Gasteiger charge is 2.22. The van der Waals surface area contributed by atoms with Crippen LogP contribution in [0.2, 0.25) is 0 Å². The Labute approximate surface area is 182 Å². The molecular weight excluding hydrogens is 427 g/mol. The van der Waals surface area contributed by atoms with Gasteiger partial charge in [0.1, 0.15) is 29.7 Å². The Bertz CT molecular complexity index is 966. The van der Waals surface area contributed by atoms with Gasteiger partial charge in [0.05, 0.1) is 32.7 Å². The number of methoxy groups -OCH3 is 2. The first-order chi connectivity index (χ1) is 14.7. The molecule has 0 aliphatic heterocycles. The number of halogens is 1. The lowest BCUT2D eigenvalue weighted by Crippen LogP contribution is -2.33. The summed E-state index contributed by atoms with van der Waals surface area (Å²) >= 11 is 0. The largest absolute Gasteiger partial charge is 0.497 e. The van der Waals surface area contributed by atoms with E-state index < -0.39 is 10.0 Å². The van der Waals surface area contributed by atoms with Crippen molar-refractivity contribution in [3.63, 3.8) is 0 Å². The van der Waals surface area contributed by atoms with Crippen LogP contribution in [0.1, 0.15) is 12.8 Å². The average molecular weight is 455 g/mol. The minimum Gasteiger partial charge on any atom is -0.497 e. The Morgan fingerprint density at radius 3 is 2.35 bits per heavy atom. The molecule has 2 aromatic carbocycles. The molecule has 2 aromatic rings. The summed E-state index contributed by atoms with van der Waals surface area (Å²) in [4.78, 5) is 12.1. The van der Waals surface area contributed by atoms with Crippen LogP contribution in [0.15, 0.2) is 42.5 Å². The van der Waals surface area contributed by atoms with Gasteiger partial charge in [0, 0.05) is 19.0 Å². The Kier molecular flexibility index (Phi) is 8.92. The van der Waals surface area contributed by atoms with Gasteiger partial charge in [0.2, 0.25) is 15.9 Å². The fourth-order valence-corrected chi connectivity index (χ4v) is 3.78. The number of anilines is 1. The normalized spacial score (nSPS) is 11.0. The fraction of sp³-hybridized carbons (Fsp3) is 0.381. The molecule has 0 bridgehead atoms. The number of hydrogen-bond acceptors (Lipinski definition) is 6. The van der Waals surface area contributed by atoms with E-state index in [1.165, 1.54) is 42.8 Å². The number of rotatable bonds is 12. The van der Waals surface area contributed by atoms with Crippen molar-refractivity contribution in [1.29, 1.82) is 0 Å². The molecule has 0 heterocycles. The molecule has 1 amide bonds. The Morgan fingerprint density at radius 2 is 1.74 bits per heavy atom. The van der Waals surface area contributed by atoms with Gasteiger partial charge in [-0.05, 0) is 42.8 Å². The van der Waals surface area contributed by atoms with Gasteiger partial charge >= 0.3 is 0 Å². The molecule has 0 saturated heterocycles. The van der Waals surface area contributed by atoms with Crippen LogP contribution in [-0.2, 0) is 14.8 Å². The Hall–Kier alpha value is -3.01. The monoisotopic (exact) mass is 454 g/mol. The number of nitrogens with zero attached hydrogens (tertiary/aromatic N) is 1. The SMILES string of the molecule is COc1ccc(OC)c(N(CCCC(=O)NCCOc2ccc(F)cc2)S(C)(=O)=O)c1. The van der Waals surface area contributed by atoms with Crippen molar-refractivity contribution in [2.24, 2.45) is 0 Å². The van der Waals surface area contributed by atoms with Crippen molar-refractivity contribution in [3.8, 4) is 17.2 Å². The fourth-order valence-electron chi connectivity index (χ4n) is 2.82. The summed E-state index contributed by atoms with van der Waals surface area (Å²) in [5.74, 6) is 0.799. The van der Waals surface area contributed by atoms with Crippen LogP contribution in [0.4, 0.5) is 10.1 Å². The highest BCUT2D eigenvalue weighted by atomic mass is 32.2. The maximum Gasteiger partial charge on any atom is 0.232 e. The second-order valence-electron chi connectivity index (χ2n) is 6.63. The van der Waals surface area contributed by atoms with Crippen LogP contribution in [0, 0.1) is 5.82 Å². The van der Waals surface area contributed by atoms with Crippen LogP contribution < -0.4 is 23.8 Å². The smallest absolute Gasteiger partial charge is 0.232 e. The van der Waals surface area contributed by atoms with Crippen molar-refractivity contribution in [1.82, 2.24) is 5.32 Å². The molecule has 0 spiro atoms. The minimum atomic E-state index is -3.61. The van der Waals surface area contributed by atoms with E-state index in [9.17, 15) is 17.6 Å². The third-order valence-electron chi connectivity index (χ3n) is 4.33. The van der Waals surface area contributed by atoms with Gasteiger partial charge < -0.3 is 19.5 Å². The van der Waals surface area contributed by atoms with Gasteiger partial charge in [-0.25, -0.2) is 12.8 Å². The number of carbonyl (C=O) groups excluding carboxylic acids is 1. The van der Waals surface area contributed by atoms with E-state index in [2.05, 4.69) is 5.32 Å². The molecule has 0 aliphatic rings. The zero-order valence-electron chi connectivity index (χ0n) is 17.8. The predicted octanol–water partition coefficient (Wildman–Crippen LogP) is 2.58. The first-order valence-corrected chi connectivity index (χ1v) is 11.4. The molecular formula is C21H27FN2O6S. The predicted molar refractivity (Wildman–Crippen MR) is 116 cm³/mol. The molecule has 8 nitrogen and oxygen atoms in total. The summed E-state index contributed by atoms with van der Waals surface area (Å²) in [6.07, 6.45) is 1.53. The first-order valence-electron chi connectivity index (χ1n) is 9.59. The quantitative estimate of drug-likeness (QED) is 0.496. The lowest BCUT2D eigenvalue weighted by molar-refractivity contribution is -0.121. The summed E-state index contributed by atoms with van der Waals surface area (Å²) in [5.41, 5.74) is 0.345. The lowest BCUT2D eigenvalue weighted by Gasteiger charge is -2.24. The van der Waals surface area contributed by atoms with Crippen molar-refractivity contribution in [2.75, 3.05) is 44.5 Å². The van der Waals surface area contributed by atoms with Gasteiger partial charge in [-0.1, -0.05) is 0 Å². The van der Waals surface area contributed by atoms with E-state index in [0.717, 1.165) is 6.26 Å². The van der Waals surface area contributed by atoms with E-state index in [4.69, 9.17) is 14.2 Å².